The van der Waals surface area contributed by atoms with Crippen molar-refractivity contribution in [2.24, 2.45) is 0 Å². The van der Waals surface area contributed by atoms with Crippen LogP contribution in [0.5, 0.6) is 0 Å². The van der Waals surface area contributed by atoms with Crippen LogP contribution in [0, 0.1) is 0 Å². The molecule has 0 fully saturated rings. The van der Waals surface area contributed by atoms with Crippen molar-refractivity contribution in [1.29, 1.82) is 0 Å². The van der Waals surface area contributed by atoms with E-state index in [-0.39, 0.29) is 25.8 Å². The number of unbranched alkanes of at least 4 members (excludes halogenated alkanes) is 34. The zero-order valence-corrected chi connectivity index (χ0v) is 44.2. The van der Waals surface area contributed by atoms with Crippen LogP contribution in [0.15, 0.2) is 24.3 Å². The minimum atomic E-state index is -4.28. The first kappa shape index (κ1) is 63.0. The number of hydrogen-bond donors (Lipinski definition) is 1. The highest BCUT2D eigenvalue weighted by atomic mass is 31.2. The Morgan fingerprint density at radius 3 is 1.27 bits per heavy atom. The molecule has 0 aliphatic heterocycles. The molecule has 0 rings (SSSR count). The number of rotatable bonds is 52. The Morgan fingerprint density at radius 1 is 0.484 bits per heavy atom. The van der Waals surface area contributed by atoms with Gasteiger partial charge in [-0.3, -0.25) is 13.8 Å². The second-order valence-corrected chi connectivity index (χ2v) is 21.4. The summed E-state index contributed by atoms with van der Waals surface area (Å²) in [5.41, 5.74) is 0. The summed E-state index contributed by atoms with van der Waals surface area (Å²) in [7, 11) is 1.68. The van der Waals surface area contributed by atoms with E-state index >= 15 is 0 Å². The molecule has 0 radical (unpaired) electrons. The fraction of sp³-hybridized carbons (Fsp3) is 0.909. The number of phosphoric ester groups is 1. The Hall–Kier alpha value is -1.02. The zero-order valence-electron chi connectivity index (χ0n) is 43.3. The summed E-state index contributed by atoms with van der Waals surface area (Å²) >= 11 is 0. The van der Waals surface area contributed by atoms with Gasteiger partial charge in [0.25, 0.3) is 0 Å². The van der Waals surface area contributed by atoms with Crippen molar-refractivity contribution in [3.8, 4) is 0 Å². The molecule has 8 nitrogen and oxygen atoms in total. The monoisotopic (exact) mass is 927 g/mol. The van der Waals surface area contributed by atoms with E-state index in [2.05, 4.69) is 38.2 Å². The molecule has 1 N–H and O–H groups in total. The van der Waals surface area contributed by atoms with Crippen molar-refractivity contribution in [3.63, 3.8) is 0 Å². The van der Waals surface area contributed by atoms with E-state index in [1.54, 1.807) is 0 Å². The summed E-state index contributed by atoms with van der Waals surface area (Å²) < 4.78 is 35.2. The predicted molar refractivity (Wildman–Crippen MR) is 275 cm³/mol. The molecule has 0 saturated carbocycles. The highest BCUT2D eigenvalue weighted by molar-refractivity contribution is 7.47. The van der Waals surface area contributed by atoms with Crippen molar-refractivity contribution in [3.05, 3.63) is 24.3 Å². The second-order valence-electron chi connectivity index (χ2n) is 20.0. The predicted octanol–water partition coefficient (Wildman–Crippen LogP) is 17.1. The molecule has 0 aromatic rings. The van der Waals surface area contributed by atoms with Crippen LogP contribution in [-0.4, -0.2) is 75.6 Å². The van der Waals surface area contributed by atoms with Crippen molar-refractivity contribution >= 4 is 13.8 Å². The van der Waals surface area contributed by atoms with Gasteiger partial charge in [-0.25, -0.2) is 4.57 Å². The number of quaternary nitrogens is 1. The van der Waals surface area contributed by atoms with Gasteiger partial charge in [-0.15, -0.1) is 0 Å². The smallest absolute Gasteiger partial charge is 0.457 e. The number of allylic oxidation sites excluding steroid dienone is 4. The summed E-state index contributed by atoms with van der Waals surface area (Å²) in [6, 6.07) is 0. The SMILES string of the molecule is CCCCCCC/C=C\C/C=C\CCCCCCCCCCCC(=O)OC(COCCCCCCCCCCCCCCCCCCCCCCC)COP(=O)(O)OCC[N+](C)(C)C. The summed E-state index contributed by atoms with van der Waals surface area (Å²) in [5.74, 6) is -0.312. The fourth-order valence-corrected chi connectivity index (χ4v) is 8.74. The van der Waals surface area contributed by atoms with E-state index in [1.807, 2.05) is 21.1 Å². The van der Waals surface area contributed by atoms with E-state index < -0.39 is 13.9 Å². The first-order chi connectivity index (χ1) is 31.1. The lowest BCUT2D eigenvalue weighted by Gasteiger charge is -2.24. The van der Waals surface area contributed by atoms with E-state index in [0.717, 1.165) is 38.5 Å². The van der Waals surface area contributed by atoms with Crippen LogP contribution >= 0.6 is 7.82 Å². The van der Waals surface area contributed by atoms with Crippen molar-refractivity contribution in [2.45, 2.75) is 270 Å². The largest absolute Gasteiger partial charge is 0.472 e. The van der Waals surface area contributed by atoms with Crippen LogP contribution in [0.4, 0.5) is 0 Å². The molecule has 0 spiro atoms. The van der Waals surface area contributed by atoms with Crippen LogP contribution in [0.2, 0.25) is 0 Å². The topological polar surface area (TPSA) is 91.3 Å². The van der Waals surface area contributed by atoms with Gasteiger partial charge >= 0.3 is 13.8 Å². The Kier molecular flexibility index (Phi) is 47.7. The number of esters is 1. The van der Waals surface area contributed by atoms with Crippen LogP contribution in [-0.2, 0) is 27.9 Å². The second kappa shape index (κ2) is 48.4. The third-order valence-corrected chi connectivity index (χ3v) is 13.2. The minimum absolute atomic E-state index is 0.0902. The number of carbonyl (C=O) groups excluding carboxylic acids is 1. The molecule has 0 aliphatic rings. The molecule has 9 heteroatoms. The zero-order chi connectivity index (χ0) is 46.9. The van der Waals surface area contributed by atoms with E-state index in [9.17, 15) is 14.3 Å². The molecule has 2 unspecified atom stereocenters. The number of likely N-dealkylation sites (N-methyl/N-ethyl adjacent to an activating group) is 1. The van der Waals surface area contributed by atoms with Crippen molar-refractivity contribution in [2.75, 3.05) is 54.1 Å². The summed E-state index contributed by atoms with van der Waals surface area (Å²) in [5, 5.41) is 0. The van der Waals surface area contributed by atoms with Crippen molar-refractivity contribution < 1.29 is 37.3 Å². The van der Waals surface area contributed by atoms with Gasteiger partial charge in [0, 0.05) is 13.0 Å². The highest BCUT2D eigenvalue weighted by Gasteiger charge is 2.26. The van der Waals surface area contributed by atoms with Gasteiger partial charge in [0.05, 0.1) is 34.4 Å². The lowest BCUT2D eigenvalue weighted by atomic mass is 10.0. The maximum absolute atomic E-state index is 12.8. The minimum Gasteiger partial charge on any atom is -0.457 e. The number of carbonyl (C=O) groups is 1. The average molecular weight is 927 g/mol. The Bertz CT molecular complexity index is 1080. The first-order valence-corrected chi connectivity index (χ1v) is 29.1. The molecule has 0 heterocycles. The Labute approximate surface area is 398 Å². The first-order valence-electron chi connectivity index (χ1n) is 27.6. The summed E-state index contributed by atoms with van der Waals surface area (Å²) in [4.78, 5) is 23.0. The molecular formula is C55H109NO7P+. The molecule has 0 saturated heterocycles. The molecule has 2 atom stereocenters. The van der Waals surface area contributed by atoms with Gasteiger partial charge in [0.1, 0.15) is 19.3 Å². The number of hydrogen-bond acceptors (Lipinski definition) is 6. The quantitative estimate of drug-likeness (QED) is 0.0214. The van der Waals surface area contributed by atoms with Crippen LogP contribution in [0.1, 0.15) is 264 Å². The van der Waals surface area contributed by atoms with Gasteiger partial charge in [-0.05, 0) is 44.9 Å². The van der Waals surface area contributed by atoms with Gasteiger partial charge in [-0.1, -0.05) is 237 Å². The maximum Gasteiger partial charge on any atom is 0.472 e. The lowest BCUT2D eigenvalue weighted by molar-refractivity contribution is -0.870. The van der Waals surface area contributed by atoms with Gasteiger partial charge in [0.2, 0.25) is 0 Å². The molecule has 0 amide bonds. The average Bonchev–Trinajstić information content (AvgIpc) is 3.25. The van der Waals surface area contributed by atoms with E-state index in [4.69, 9.17) is 18.5 Å². The van der Waals surface area contributed by atoms with Crippen LogP contribution in [0.25, 0.3) is 0 Å². The number of nitrogens with zero attached hydrogens (tertiary/aromatic N) is 1. The number of phosphoric acid groups is 1. The van der Waals surface area contributed by atoms with Gasteiger partial charge in [-0.2, -0.15) is 0 Å². The molecule has 0 aromatic heterocycles. The molecule has 0 aromatic carbocycles. The van der Waals surface area contributed by atoms with Crippen LogP contribution in [0.3, 0.4) is 0 Å². The third kappa shape index (κ3) is 52.0. The highest BCUT2D eigenvalue weighted by Crippen LogP contribution is 2.43. The van der Waals surface area contributed by atoms with Gasteiger partial charge < -0.3 is 18.9 Å². The lowest BCUT2D eigenvalue weighted by Crippen LogP contribution is -2.37. The Balaban J connectivity index is 4.08. The third-order valence-electron chi connectivity index (χ3n) is 12.3. The van der Waals surface area contributed by atoms with Crippen LogP contribution < -0.4 is 0 Å². The van der Waals surface area contributed by atoms with E-state index in [0.29, 0.717) is 24.1 Å². The molecule has 0 aliphatic carbocycles. The van der Waals surface area contributed by atoms with Crippen molar-refractivity contribution in [1.82, 2.24) is 0 Å². The fourth-order valence-electron chi connectivity index (χ4n) is 8.00. The maximum atomic E-state index is 12.8. The number of ether oxygens (including phenoxy) is 2. The molecule has 0 bridgehead atoms. The molecular weight excluding hydrogens is 818 g/mol. The molecule has 380 valence electrons. The normalized spacial score (nSPS) is 13.7. The van der Waals surface area contributed by atoms with E-state index in [1.165, 1.54) is 205 Å². The molecule has 64 heavy (non-hydrogen) atoms. The summed E-state index contributed by atoms with van der Waals surface area (Å²) in [6.45, 7) is 5.67. The van der Waals surface area contributed by atoms with Gasteiger partial charge in [0.15, 0.2) is 0 Å². The summed E-state index contributed by atoms with van der Waals surface area (Å²) in [6.07, 6.45) is 58.0. The standard InChI is InChI=1S/C55H108NO7P/c1-6-8-10-12-14-16-18-20-22-24-26-28-30-32-34-36-38-40-42-44-46-48-55(57)63-54(53-62-64(58,59)61-51-49-56(3,4)5)52-60-50-47-45-43-41-39-37-35-33-31-29-27-25-23-21-19-17-15-13-11-9-7-2/h18,20,24,26,54H,6-17,19,21-23,25,27-53H2,1-5H3/p+1/b20-18-,26-24-. The Morgan fingerprint density at radius 2 is 0.859 bits per heavy atom.